The quantitative estimate of drug-likeness (QED) is 0.443. The number of nitrogens with zero attached hydrogens (tertiary/aromatic N) is 3. The van der Waals surface area contributed by atoms with Gasteiger partial charge in [0.1, 0.15) is 0 Å². The van der Waals surface area contributed by atoms with E-state index < -0.39 is 4.92 Å². The van der Waals surface area contributed by atoms with Gasteiger partial charge in [0, 0.05) is 6.07 Å². The maximum Gasteiger partial charge on any atom is 0.300 e. The Morgan fingerprint density at radius 2 is 2.14 bits per heavy atom. The summed E-state index contributed by atoms with van der Waals surface area (Å²) in [5, 5.41) is 17.5. The van der Waals surface area contributed by atoms with Crippen LogP contribution in [0, 0.1) is 10.1 Å². The molecule has 0 amide bonds. The van der Waals surface area contributed by atoms with Gasteiger partial charge in [0.2, 0.25) is 5.52 Å². The van der Waals surface area contributed by atoms with Crippen LogP contribution in [-0.4, -0.2) is 15.2 Å². The lowest BCUT2D eigenvalue weighted by molar-refractivity contribution is -0.383. The summed E-state index contributed by atoms with van der Waals surface area (Å²) in [7, 11) is 0. The number of nitro groups is 1. The predicted octanol–water partition coefficient (Wildman–Crippen LogP) is 1.39. The first kappa shape index (κ1) is 8.75. The van der Waals surface area contributed by atoms with E-state index in [0.717, 1.165) is 0 Å². The number of nitrogens with one attached hydrogen (secondary N) is 1. The smallest absolute Gasteiger partial charge is 0.300 e. The van der Waals surface area contributed by atoms with Crippen LogP contribution in [0.3, 0.4) is 0 Å². The molecule has 14 heavy (non-hydrogen) atoms. The van der Waals surface area contributed by atoms with Gasteiger partial charge in [-0.15, -0.1) is 0 Å². The second-order valence-corrected chi connectivity index (χ2v) is 2.69. The van der Waals surface area contributed by atoms with E-state index in [9.17, 15) is 10.1 Å². The minimum Gasteiger partial charge on any atom is -0.330 e. The molecule has 8 heteroatoms. The molecule has 0 bridgehead atoms. The van der Waals surface area contributed by atoms with Crippen LogP contribution in [0.1, 0.15) is 0 Å². The van der Waals surface area contributed by atoms with E-state index in [1.807, 2.05) is 0 Å². The van der Waals surface area contributed by atoms with Crippen molar-refractivity contribution in [2.75, 3.05) is 4.72 Å². The largest absolute Gasteiger partial charge is 0.330 e. The molecule has 0 aliphatic rings. The van der Waals surface area contributed by atoms with Gasteiger partial charge >= 0.3 is 5.69 Å². The highest BCUT2D eigenvalue weighted by Gasteiger charge is 2.18. The van der Waals surface area contributed by atoms with Gasteiger partial charge < -0.3 is 4.72 Å². The summed E-state index contributed by atoms with van der Waals surface area (Å²) in [4.78, 5) is 10.0. The Labute approximate surface area is 82.7 Å². The molecule has 0 aliphatic carbocycles. The molecule has 7 nitrogen and oxygen atoms in total. The molecular weight excluding hydrogens is 208 g/mol. The Hall–Kier alpha value is -1.83. The highest BCUT2D eigenvalue weighted by atomic mass is 32.1. The molecule has 2 rings (SSSR count). The van der Waals surface area contributed by atoms with Crippen molar-refractivity contribution >= 4 is 35.2 Å². The van der Waals surface area contributed by atoms with E-state index in [1.165, 1.54) is 12.1 Å². The van der Waals surface area contributed by atoms with Crippen LogP contribution < -0.4 is 4.72 Å². The normalized spacial score (nSPS) is 10.4. The number of hydrogen-bond acceptors (Lipinski definition) is 7. The maximum atomic E-state index is 10.6. The zero-order valence-electron chi connectivity index (χ0n) is 6.67. The number of anilines is 1. The first-order valence-electron chi connectivity index (χ1n) is 3.54. The molecule has 1 N–H and O–H groups in total. The van der Waals surface area contributed by atoms with Crippen molar-refractivity contribution in [3.8, 4) is 0 Å². The second kappa shape index (κ2) is 3.14. The third-order valence-corrected chi connectivity index (χ3v) is 1.95. The van der Waals surface area contributed by atoms with Gasteiger partial charge in [-0.3, -0.25) is 10.1 Å². The highest BCUT2D eigenvalue weighted by molar-refractivity contribution is 7.81. The van der Waals surface area contributed by atoms with Gasteiger partial charge in [-0.2, -0.15) is 0 Å². The van der Waals surface area contributed by atoms with Crippen molar-refractivity contribution in [3.05, 3.63) is 22.2 Å². The summed E-state index contributed by atoms with van der Waals surface area (Å²) >= 11 is 3.82. The second-order valence-electron chi connectivity index (χ2n) is 2.46. The molecule has 72 valence electrons. The fourth-order valence-corrected chi connectivity index (χ4v) is 1.27. The molecule has 0 spiro atoms. The van der Waals surface area contributed by atoms with E-state index in [-0.39, 0.29) is 16.7 Å². The van der Waals surface area contributed by atoms with E-state index >= 15 is 0 Å². The lowest BCUT2D eigenvalue weighted by atomic mass is 10.2. The monoisotopic (exact) mass is 212 g/mol. The number of non-ortho nitro benzene ring substituents is 1. The third kappa shape index (κ3) is 1.16. The van der Waals surface area contributed by atoms with Crippen molar-refractivity contribution in [2.24, 2.45) is 0 Å². The minimum atomic E-state index is -0.547. The summed E-state index contributed by atoms with van der Waals surface area (Å²) < 4.78 is 6.95. The fraction of sp³-hybridized carbons (Fsp3) is 0. The minimum absolute atomic E-state index is 0.106. The summed E-state index contributed by atoms with van der Waals surface area (Å²) in [6.45, 7) is 0. The molecule has 0 atom stereocenters. The number of aromatic nitrogens is 2. The highest BCUT2D eigenvalue weighted by Crippen LogP contribution is 2.28. The predicted molar refractivity (Wildman–Crippen MR) is 51.1 cm³/mol. The molecule has 1 aromatic heterocycles. The van der Waals surface area contributed by atoms with Gasteiger partial charge in [-0.1, -0.05) is 12.8 Å². The summed E-state index contributed by atoms with van der Waals surface area (Å²) in [6.07, 6.45) is 0. The van der Waals surface area contributed by atoms with Gasteiger partial charge in [0.25, 0.3) is 0 Å². The van der Waals surface area contributed by atoms with Gasteiger partial charge in [0.05, 0.1) is 10.6 Å². The zero-order chi connectivity index (χ0) is 10.1. The first-order chi connectivity index (χ1) is 6.74. The standard InChI is InChI=1S/C6H4N4O3S/c11-10(12)4-2-1-3(9-14)5-6(4)8-13-7-5/h1-2,9,14H. The number of fused-ring (bicyclic) bond motifs is 1. The Morgan fingerprint density at radius 3 is 2.79 bits per heavy atom. The number of rotatable bonds is 2. The van der Waals surface area contributed by atoms with Crippen molar-refractivity contribution in [1.29, 1.82) is 0 Å². The Balaban J connectivity index is 2.78. The molecule has 0 saturated carbocycles. The van der Waals surface area contributed by atoms with Crippen LogP contribution >= 0.6 is 12.8 Å². The Kier molecular flexibility index (Phi) is 1.97. The molecule has 0 aliphatic heterocycles. The van der Waals surface area contributed by atoms with Gasteiger partial charge in [0.15, 0.2) is 5.52 Å². The summed E-state index contributed by atoms with van der Waals surface area (Å²) in [6, 6.07) is 2.79. The Morgan fingerprint density at radius 1 is 1.43 bits per heavy atom. The van der Waals surface area contributed by atoms with Crippen LogP contribution in [0.4, 0.5) is 11.4 Å². The van der Waals surface area contributed by atoms with Crippen LogP contribution in [0.2, 0.25) is 0 Å². The van der Waals surface area contributed by atoms with Crippen LogP contribution in [0.15, 0.2) is 16.8 Å². The van der Waals surface area contributed by atoms with Crippen LogP contribution in [0.25, 0.3) is 11.0 Å². The molecule has 2 aromatic rings. The van der Waals surface area contributed by atoms with E-state index in [0.29, 0.717) is 5.69 Å². The van der Waals surface area contributed by atoms with Gasteiger partial charge in [-0.05, 0) is 16.4 Å². The molecule has 0 radical (unpaired) electrons. The van der Waals surface area contributed by atoms with E-state index in [1.54, 1.807) is 0 Å². The molecular formula is C6H4N4O3S. The molecule has 0 unspecified atom stereocenters. The fourth-order valence-electron chi connectivity index (χ4n) is 1.09. The molecule has 1 heterocycles. The Bertz CT molecular complexity index is 497. The molecule has 0 saturated heterocycles. The topological polar surface area (TPSA) is 94.1 Å². The summed E-state index contributed by atoms with van der Waals surface area (Å²) in [5.74, 6) is 0. The molecule has 0 fully saturated rings. The number of benzene rings is 1. The zero-order valence-corrected chi connectivity index (χ0v) is 7.56. The maximum absolute atomic E-state index is 10.6. The third-order valence-electron chi connectivity index (χ3n) is 1.71. The lowest BCUT2D eigenvalue weighted by Crippen LogP contribution is -1.91. The van der Waals surface area contributed by atoms with Crippen molar-refractivity contribution < 1.29 is 9.55 Å². The van der Waals surface area contributed by atoms with E-state index in [2.05, 4.69) is 32.5 Å². The average Bonchev–Trinajstić information content (AvgIpc) is 2.64. The van der Waals surface area contributed by atoms with Crippen LogP contribution in [-0.2, 0) is 0 Å². The number of nitro benzene ring substituents is 1. The summed E-state index contributed by atoms with van der Waals surface area (Å²) in [5.41, 5.74) is 0.756. The van der Waals surface area contributed by atoms with Crippen LogP contribution in [0.5, 0.6) is 0 Å². The van der Waals surface area contributed by atoms with Crippen molar-refractivity contribution in [2.45, 2.75) is 0 Å². The van der Waals surface area contributed by atoms with Crippen molar-refractivity contribution in [3.63, 3.8) is 0 Å². The molecule has 1 aromatic carbocycles. The first-order valence-corrected chi connectivity index (χ1v) is 3.98. The van der Waals surface area contributed by atoms with E-state index in [4.69, 9.17) is 0 Å². The lowest BCUT2D eigenvalue weighted by Gasteiger charge is -1.97. The number of thiol groups is 1. The van der Waals surface area contributed by atoms with Crippen molar-refractivity contribution in [1.82, 2.24) is 10.3 Å². The average molecular weight is 212 g/mol. The SMILES string of the molecule is O=[N+]([O-])c1ccc(NS)c2nonc12. The van der Waals surface area contributed by atoms with Gasteiger partial charge in [-0.25, -0.2) is 4.63 Å². The number of hydrogen-bond donors (Lipinski definition) is 2.